The van der Waals surface area contributed by atoms with Gasteiger partial charge in [0.1, 0.15) is 5.75 Å². The van der Waals surface area contributed by atoms with Gasteiger partial charge < -0.3 is 19.5 Å². The minimum absolute atomic E-state index is 0.111. The van der Waals surface area contributed by atoms with Crippen LogP contribution in [0.5, 0.6) is 5.75 Å². The van der Waals surface area contributed by atoms with Crippen LogP contribution in [0.25, 0.3) is 0 Å². The first-order chi connectivity index (χ1) is 20.2. The monoisotopic (exact) mass is 611 g/mol. The van der Waals surface area contributed by atoms with Gasteiger partial charge in [0.15, 0.2) is 12.2 Å². The van der Waals surface area contributed by atoms with E-state index < -0.39 is 47.6 Å². The van der Waals surface area contributed by atoms with Crippen LogP contribution >= 0.6 is 0 Å². The molecule has 0 heterocycles. The van der Waals surface area contributed by atoms with Crippen LogP contribution in [-0.4, -0.2) is 40.7 Å². The fraction of sp³-hybridized carbons (Fsp3) is 0.355. The van der Waals surface area contributed by atoms with E-state index in [4.69, 9.17) is 9.47 Å². The summed E-state index contributed by atoms with van der Waals surface area (Å²) in [6.07, 6.45) is -8.71. The first-order valence-corrected chi connectivity index (χ1v) is 13.4. The Balaban J connectivity index is 1.74. The predicted octanol–water partition coefficient (Wildman–Crippen LogP) is 7.14. The van der Waals surface area contributed by atoms with Gasteiger partial charge in [0.2, 0.25) is 0 Å². The number of carboxylic acid groups (broad SMARTS) is 1. The Kier molecular flexibility index (Phi) is 10.8. The Hall–Kier alpha value is -4.06. The molecule has 0 unspecified atom stereocenters. The van der Waals surface area contributed by atoms with E-state index in [9.17, 15) is 41.0 Å². The van der Waals surface area contributed by atoms with E-state index in [-0.39, 0.29) is 32.5 Å². The maximum Gasteiger partial charge on any atom is 0.416 e. The molecule has 0 fully saturated rings. The summed E-state index contributed by atoms with van der Waals surface area (Å²) in [6, 6.07) is 14.9. The van der Waals surface area contributed by atoms with Crippen LogP contribution in [-0.2, 0) is 46.2 Å². The Labute approximate surface area is 244 Å². The van der Waals surface area contributed by atoms with Gasteiger partial charge in [-0.2, -0.15) is 26.3 Å². The summed E-state index contributed by atoms with van der Waals surface area (Å²) in [5, 5.41) is 9.69. The number of rotatable bonds is 13. The average Bonchev–Trinajstić information content (AvgIpc) is 2.95. The van der Waals surface area contributed by atoms with Crippen LogP contribution in [0.15, 0.2) is 72.8 Å². The van der Waals surface area contributed by atoms with E-state index in [2.05, 4.69) is 0 Å². The topological polar surface area (TPSA) is 76.1 Å². The number of hydrogen-bond acceptors (Lipinski definition) is 4. The SMILES string of the molecule is CCO[C@@](CC)(Cc1ccc(OCC(=O)N(Cc2ccc(C(F)(F)F)cc2)Cc2ccc(C(F)(F)F)cc2)cc1)C(=O)O. The standard InChI is InChI=1S/C31H31F6NO5/c1-3-29(28(40)41,43-4-2)17-21-9-15-26(16-10-21)42-20-27(39)38(18-22-5-11-24(12-6-22)30(32,33)34)19-23-7-13-25(14-8-23)31(35,36)37/h5-16H,3-4,17-20H2,1-2H3,(H,40,41)/t29-/m0/s1. The normalized spacial score (nSPS) is 13.3. The molecule has 1 N–H and O–H groups in total. The minimum Gasteiger partial charge on any atom is -0.484 e. The van der Waals surface area contributed by atoms with Crippen molar-refractivity contribution in [2.45, 2.75) is 57.7 Å². The Morgan fingerprint density at radius 2 is 1.16 bits per heavy atom. The van der Waals surface area contributed by atoms with Crippen LogP contribution in [0.2, 0.25) is 0 Å². The fourth-order valence-electron chi connectivity index (χ4n) is 4.38. The number of hydrogen-bond donors (Lipinski definition) is 1. The number of aliphatic carboxylic acids is 1. The molecule has 0 saturated carbocycles. The molecular formula is C31H31F6NO5. The van der Waals surface area contributed by atoms with Crippen molar-refractivity contribution in [2.75, 3.05) is 13.2 Å². The molecule has 1 amide bonds. The number of ether oxygens (including phenoxy) is 2. The third-order valence-corrected chi connectivity index (χ3v) is 6.82. The van der Waals surface area contributed by atoms with E-state index in [1.165, 1.54) is 29.2 Å². The molecule has 0 saturated heterocycles. The van der Waals surface area contributed by atoms with Crippen molar-refractivity contribution in [3.63, 3.8) is 0 Å². The molecule has 0 aromatic heterocycles. The molecule has 43 heavy (non-hydrogen) atoms. The molecule has 0 radical (unpaired) electrons. The predicted molar refractivity (Wildman–Crippen MR) is 145 cm³/mol. The van der Waals surface area contributed by atoms with E-state index in [0.717, 1.165) is 24.3 Å². The molecule has 6 nitrogen and oxygen atoms in total. The van der Waals surface area contributed by atoms with Crippen molar-refractivity contribution in [1.82, 2.24) is 4.90 Å². The Bertz CT molecular complexity index is 1300. The fourth-order valence-corrected chi connectivity index (χ4v) is 4.38. The molecule has 0 bridgehead atoms. The van der Waals surface area contributed by atoms with Gasteiger partial charge in [-0.05, 0) is 66.4 Å². The number of nitrogens with zero attached hydrogens (tertiary/aromatic N) is 1. The van der Waals surface area contributed by atoms with Gasteiger partial charge in [0.05, 0.1) is 11.1 Å². The number of benzene rings is 3. The zero-order valence-electron chi connectivity index (χ0n) is 23.5. The van der Waals surface area contributed by atoms with Crippen LogP contribution in [0.3, 0.4) is 0 Å². The molecular weight excluding hydrogens is 580 g/mol. The highest BCUT2D eigenvalue weighted by atomic mass is 19.4. The van der Waals surface area contributed by atoms with Crippen LogP contribution in [0.1, 0.15) is 48.1 Å². The van der Waals surface area contributed by atoms with Crippen molar-refractivity contribution < 1.29 is 50.5 Å². The first kappa shape index (κ1) is 33.4. The number of carbonyl (C=O) groups is 2. The van der Waals surface area contributed by atoms with E-state index in [0.29, 0.717) is 22.4 Å². The Morgan fingerprint density at radius 1 is 0.721 bits per heavy atom. The van der Waals surface area contributed by atoms with E-state index in [1.807, 2.05) is 0 Å². The van der Waals surface area contributed by atoms with Crippen molar-refractivity contribution in [1.29, 1.82) is 0 Å². The number of alkyl halides is 6. The summed E-state index contributed by atoms with van der Waals surface area (Å²) in [5.74, 6) is -1.34. The second-order valence-corrected chi connectivity index (χ2v) is 9.83. The molecule has 1 atom stereocenters. The number of halogens is 6. The van der Waals surface area contributed by atoms with Gasteiger partial charge in [-0.3, -0.25) is 4.79 Å². The number of carboxylic acids is 1. The van der Waals surface area contributed by atoms with Crippen molar-refractivity contribution >= 4 is 11.9 Å². The van der Waals surface area contributed by atoms with Crippen LogP contribution < -0.4 is 4.74 Å². The molecule has 12 heteroatoms. The van der Waals surface area contributed by atoms with E-state index >= 15 is 0 Å². The molecule has 0 spiro atoms. The molecule has 232 valence electrons. The van der Waals surface area contributed by atoms with Crippen LogP contribution in [0.4, 0.5) is 26.3 Å². The zero-order valence-corrected chi connectivity index (χ0v) is 23.5. The average molecular weight is 612 g/mol. The van der Waals surface area contributed by atoms with Gasteiger partial charge in [0.25, 0.3) is 5.91 Å². The lowest BCUT2D eigenvalue weighted by Gasteiger charge is -2.28. The van der Waals surface area contributed by atoms with Gasteiger partial charge >= 0.3 is 18.3 Å². The quantitative estimate of drug-likeness (QED) is 0.208. The van der Waals surface area contributed by atoms with Gasteiger partial charge in [-0.25, -0.2) is 4.79 Å². The molecule has 0 aliphatic heterocycles. The molecule has 0 aliphatic carbocycles. The molecule has 3 aromatic rings. The molecule has 0 aliphatic rings. The lowest BCUT2D eigenvalue weighted by atomic mass is 9.91. The Morgan fingerprint density at radius 3 is 1.53 bits per heavy atom. The third-order valence-electron chi connectivity index (χ3n) is 6.82. The maximum absolute atomic E-state index is 13.2. The van der Waals surface area contributed by atoms with Crippen molar-refractivity contribution in [2.24, 2.45) is 0 Å². The van der Waals surface area contributed by atoms with Gasteiger partial charge in [-0.15, -0.1) is 0 Å². The number of amides is 1. The van der Waals surface area contributed by atoms with Crippen molar-refractivity contribution in [3.8, 4) is 5.75 Å². The third kappa shape index (κ3) is 9.21. The lowest BCUT2D eigenvalue weighted by molar-refractivity contribution is -0.166. The van der Waals surface area contributed by atoms with Gasteiger partial charge in [0, 0.05) is 26.1 Å². The summed E-state index contributed by atoms with van der Waals surface area (Å²) >= 11 is 0. The second-order valence-electron chi connectivity index (χ2n) is 9.83. The second kappa shape index (κ2) is 13.9. The molecule has 3 rings (SSSR count). The summed E-state index contributed by atoms with van der Waals surface area (Å²) in [4.78, 5) is 26.3. The minimum atomic E-state index is -4.54. The highest BCUT2D eigenvalue weighted by Gasteiger charge is 2.37. The smallest absolute Gasteiger partial charge is 0.416 e. The van der Waals surface area contributed by atoms with Gasteiger partial charge in [-0.1, -0.05) is 43.3 Å². The van der Waals surface area contributed by atoms with Crippen LogP contribution in [0, 0.1) is 0 Å². The largest absolute Gasteiger partial charge is 0.484 e. The summed E-state index contributed by atoms with van der Waals surface area (Å²) in [7, 11) is 0. The van der Waals surface area contributed by atoms with E-state index in [1.54, 1.807) is 38.1 Å². The zero-order chi connectivity index (χ0) is 31.8. The lowest BCUT2D eigenvalue weighted by Crippen LogP contribution is -2.43. The number of carbonyl (C=O) groups excluding carboxylic acids is 1. The highest BCUT2D eigenvalue weighted by molar-refractivity contribution is 5.78. The summed E-state index contributed by atoms with van der Waals surface area (Å²) in [6.45, 7) is 2.94. The van der Waals surface area contributed by atoms with Crippen molar-refractivity contribution in [3.05, 3.63) is 101 Å². The highest BCUT2D eigenvalue weighted by Crippen LogP contribution is 2.31. The molecule has 3 aromatic carbocycles. The maximum atomic E-state index is 13.2. The summed E-state index contributed by atoms with van der Waals surface area (Å²) in [5.41, 5.74) is -1.67. The first-order valence-electron chi connectivity index (χ1n) is 13.4. The summed E-state index contributed by atoms with van der Waals surface area (Å²) < 4.78 is 89.0.